The van der Waals surface area contributed by atoms with Crippen LogP contribution in [0, 0.1) is 0 Å². The van der Waals surface area contributed by atoms with Gasteiger partial charge in [0.05, 0.1) is 12.6 Å². The molecule has 3 N–H and O–H groups in total. The van der Waals surface area contributed by atoms with Crippen LogP contribution in [0.2, 0.25) is 5.02 Å². The van der Waals surface area contributed by atoms with Crippen LogP contribution < -0.4 is 20.7 Å². The molecule has 0 atom stereocenters. The van der Waals surface area contributed by atoms with Crippen LogP contribution >= 0.6 is 23.8 Å². The first-order chi connectivity index (χ1) is 14.6. The number of fused-ring (bicyclic) bond motifs is 1. The molecule has 1 heterocycles. The SMILES string of the molecule is COc1ccc(Nc2ncnc3ccc(NC(=S)Nc4cccc(Cl)c4)cc23)cc1. The third-order valence-corrected chi connectivity index (χ3v) is 4.77. The van der Waals surface area contributed by atoms with Crippen LogP contribution in [0.15, 0.2) is 73.1 Å². The molecule has 0 bridgehead atoms. The van der Waals surface area contributed by atoms with Crippen molar-refractivity contribution in [3.05, 3.63) is 78.1 Å². The van der Waals surface area contributed by atoms with Crippen LogP contribution in [0.5, 0.6) is 5.75 Å². The number of methoxy groups -OCH3 is 1. The summed E-state index contributed by atoms with van der Waals surface area (Å²) in [4.78, 5) is 8.74. The van der Waals surface area contributed by atoms with Crippen LogP contribution in [0.3, 0.4) is 0 Å². The summed E-state index contributed by atoms with van der Waals surface area (Å²) in [6.07, 6.45) is 1.53. The van der Waals surface area contributed by atoms with E-state index in [1.165, 1.54) is 6.33 Å². The van der Waals surface area contributed by atoms with Crippen molar-refractivity contribution >= 4 is 62.7 Å². The number of anilines is 4. The summed E-state index contributed by atoms with van der Waals surface area (Å²) >= 11 is 11.4. The van der Waals surface area contributed by atoms with Crippen molar-refractivity contribution in [3.63, 3.8) is 0 Å². The van der Waals surface area contributed by atoms with Gasteiger partial charge < -0.3 is 20.7 Å². The van der Waals surface area contributed by atoms with Gasteiger partial charge in [0, 0.05) is 27.5 Å². The first-order valence-corrected chi connectivity index (χ1v) is 9.89. The van der Waals surface area contributed by atoms with Gasteiger partial charge in [-0.05, 0) is 72.9 Å². The van der Waals surface area contributed by atoms with Crippen molar-refractivity contribution in [1.82, 2.24) is 9.97 Å². The number of nitrogens with zero attached hydrogens (tertiary/aromatic N) is 2. The third-order valence-electron chi connectivity index (χ3n) is 4.33. The highest BCUT2D eigenvalue weighted by Crippen LogP contribution is 2.27. The highest BCUT2D eigenvalue weighted by atomic mass is 35.5. The minimum absolute atomic E-state index is 0.457. The Hall–Kier alpha value is -3.42. The molecule has 6 nitrogen and oxygen atoms in total. The molecular weight excluding hydrogens is 418 g/mol. The fourth-order valence-electron chi connectivity index (χ4n) is 2.90. The molecule has 0 radical (unpaired) electrons. The molecule has 0 fully saturated rings. The number of nitrogens with one attached hydrogen (secondary N) is 3. The molecule has 1 aromatic heterocycles. The second-order valence-corrected chi connectivity index (χ2v) is 7.24. The fraction of sp³-hybridized carbons (Fsp3) is 0.0455. The molecular formula is C22H18ClN5OS. The molecule has 0 unspecified atom stereocenters. The van der Waals surface area contributed by atoms with E-state index in [1.807, 2.05) is 60.7 Å². The maximum Gasteiger partial charge on any atom is 0.175 e. The summed E-state index contributed by atoms with van der Waals surface area (Å²) < 4.78 is 5.20. The Labute approximate surface area is 184 Å². The second-order valence-electron chi connectivity index (χ2n) is 6.40. The average Bonchev–Trinajstić information content (AvgIpc) is 2.74. The summed E-state index contributed by atoms with van der Waals surface area (Å²) in [5.74, 6) is 1.49. The monoisotopic (exact) mass is 435 g/mol. The maximum atomic E-state index is 6.02. The highest BCUT2D eigenvalue weighted by Gasteiger charge is 2.07. The Morgan fingerprint density at radius 1 is 0.900 bits per heavy atom. The van der Waals surface area contributed by atoms with Crippen LogP contribution in [0.4, 0.5) is 22.9 Å². The molecule has 0 saturated carbocycles. The number of halogens is 1. The van der Waals surface area contributed by atoms with E-state index in [0.717, 1.165) is 33.7 Å². The fourth-order valence-corrected chi connectivity index (χ4v) is 3.33. The van der Waals surface area contributed by atoms with Gasteiger partial charge in [-0.2, -0.15) is 0 Å². The zero-order chi connectivity index (χ0) is 20.9. The molecule has 0 spiro atoms. The van der Waals surface area contributed by atoms with Gasteiger partial charge in [0.25, 0.3) is 0 Å². The quantitative estimate of drug-likeness (QED) is 0.340. The van der Waals surface area contributed by atoms with Crippen LogP contribution in [0.1, 0.15) is 0 Å². The van der Waals surface area contributed by atoms with Gasteiger partial charge in [-0.25, -0.2) is 9.97 Å². The zero-order valence-electron chi connectivity index (χ0n) is 16.0. The van der Waals surface area contributed by atoms with Gasteiger partial charge in [-0.15, -0.1) is 0 Å². The molecule has 8 heteroatoms. The van der Waals surface area contributed by atoms with Crippen molar-refractivity contribution in [2.24, 2.45) is 0 Å². The molecule has 0 amide bonds. The number of ether oxygens (including phenoxy) is 1. The summed E-state index contributed by atoms with van der Waals surface area (Å²) in [6.45, 7) is 0. The number of hydrogen-bond acceptors (Lipinski definition) is 5. The number of thiocarbonyl (C=S) groups is 1. The Morgan fingerprint density at radius 3 is 2.37 bits per heavy atom. The second kappa shape index (κ2) is 8.94. The van der Waals surface area contributed by atoms with Gasteiger partial charge in [-0.3, -0.25) is 0 Å². The largest absolute Gasteiger partial charge is 0.497 e. The molecule has 30 heavy (non-hydrogen) atoms. The minimum atomic E-state index is 0.457. The first-order valence-electron chi connectivity index (χ1n) is 9.10. The number of rotatable bonds is 5. The third kappa shape index (κ3) is 4.76. The predicted octanol–water partition coefficient (Wildman–Crippen LogP) is 5.84. The van der Waals surface area contributed by atoms with Gasteiger partial charge in [-0.1, -0.05) is 17.7 Å². The molecule has 0 aliphatic rings. The van der Waals surface area contributed by atoms with E-state index in [0.29, 0.717) is 16.0 Å². The van der Waals surface area contributed by atoms with Gasteiger partial charge in [0.1, 0.15) is 17.9 Å². The highest BCUT2D eigenvalue weighted by molar-refractivity contribution is 7.80. The smallest absolute Gasteiger partial charge is 0.175 e. The number of hydrogen-bond donors (Lipinski definition) is 3. The Balaban J connectivity index is 1.55. The van der Waals surface area contributed by atoms with Crippen LogP contribution in [-0.2, 0) is 0 Å². The molecule has 0 aliphatic carbocycles. The standard InChI is InChI=1S/C22H18ClN5OS/c1-29-18-8-5-15(6-9-18)26-21-19-12-17(7-10-20(19)24-13-25-21)28-22(30)27-16-4-2-3-14(23)11-16/h2-13H,1H3,(H,24,25,26)(H2,27,28,30). The lowest BCUT2D eigenvalue weighted by Gasteiger charge is -2.13. The van der Waals surface area contributed by atoms with E-state index in [-0.39, 0.29) is 0 Å². The van der Waals surface area contributed by atoms with Crippen molar-refractivity contribution in [3.8, 4) is 5.75 Å². The maximum absolute atomic E-state index is 6.02. The predicted molar refractivity (Wildman–Crippen MR) is 127 cm³/mol. The van der Waals surface area contributed by atoms with Crippen molar-refractivity contribution < 1.29 is 4.74 Å². The van der Waals surface area contributed by atoms with Crippen molar-refractivity contribution in [2.45, 2.75) is 0 Å². The van der Waals surface area contributed by atoms with Crippen molar-refractivity contribution in [1.29, 1.82) is 0 Å². The summed E-state index contributed by atoms with van der Waals surface area (Å²) in [6, 6.07) is 20.8. The molecule has 4 rings (SSSR count). The Kier molecular flexibility index (Phi) is 5.92. The molecule has 4 aromatic rings. The van der Waals surface area contributed by atoms with E-state index in [9.17, 15) is 0 Å². The lowest BCUT2D eigenvalue weighted by molar-refractivity contribution is 0.415. The van der Waals surface area contributed by atoms with Crippen LogP contribution in [-0.4, -0.2) is 22.2 Å². The number of aromatic nitrogens is 2. The number of benzene rings is 3. The zero-order valence-corrected chi connectivity index (χ0v) is 17.6. The summed E-state index contributed by atoms with van der Waals surface area (Å²) in [5, 5.41) is 11.6. The summed E-state index contributed by atoms with van der Waals surface area (Å²) in [7, 11) is 1.64. The first kappa shape index (κ1) is 19.9. The van der Waals surface area contributed by atoms with E-state index < -0.39 is 0 Å². The minimum Gasteiger partial charge on any atom is -0.497 e. The normalized spacial score (nSPS) is 10.5. The average molecular weight is 436 g/mol. The molecule has 0 saturated heterocycles. The van der Waals surface area contributed by atoms with Crippen molar-refractivity contribution in [2.75, 3.05) is 23.1 Å². The Morgan fingerprint density at radius 2 is 1.63 bits per heavy atom. The Bertz CT molecular complexity index is 1200. The van der Waals surface area contributed by atoms with E-state index >= 15 is 0 Å². The van der Waals surface area contributed by atoms with E-state index in [2.05, 4.69) is 25.9 Å². The lowest BCUT2D eigenvalue weighted by atomic mass is 10.2. The topological polar surface area (TPSA) is 71.1 Å². The van der Waals surface area contributed by atoms with E-state index in [1.54, 1.807) is 13.2 Å². The van der Waals surface area contributed by atoms with Gasteiger partial charge in [0.2, 0.25) is 0 Å². The lowest BCUT2D eigenvalue weighted by Crippen LogP contribution is -2.19. The van der Waals surface area contributed by atoms with Gasteiger partial charge >= 0.3 is 0 Å². The molecule has 0 aliphatic heterocycles. The van der Waals surface area contributed by atoms with E-state index in [4.69, 9.17) is 28.6 Å². The molecule has 150 valence electrons. The van der Waals surface area contributed by atoms with Gasteiger partial charge in [0.15, 0.2) is 5.11 Å². The molecule has 3 aromatic carbocycles. The summed E-state index contributed by atoms with van der Waals surface area (Å²) in [5.41, 5.74) is 3.34. The van der Waals surface area contributed by atoms with Crippen LogP contribution in [0.25, 0.3) is 10.9 Å².